The lowest BCUT2D eigenvalue weighted by molar-refractivity contribution is -0.137. The summed E-state index contributed by atoms with van der Waals surface area (Å²) in [6.07, 6.45) is 8.01. The summed E-state index contributed by atoms with van der Waals surface area (Å²) in [5.41, 5.74) is -0.243. The molecule has 1 N–H and O–H groups in total. The third kappa shape index (κ3) is 2.09. The van der Waals surface area contributed by atoms with Crippen LogP contribution in [-0.4, -0.2) is 41.3 Å². The molecule has 2 aliphatic heterocycles. The van der Waals surface area contributed by atoms with Crippen molar-refractivity contribution in [1.82, 2.24) is 10.2 Å². The Labute approximate surface area is 115 Å². The summed E-state index contributed by atoms with van der Waals surface area (Å²) in [6, 6.07) is 0.201. The summed E-state index contributed by atoms with van der Waals surface area (Å²) < 4.78 is 5.80. The van der Waals surface area contributed by atoms with Gasteiger partial charge in [0.2, 0.25) is 5.91 Å². The first-order valence-electron chi connectivity index (χ1n) is 7.90. The van der Waals surface area contributed by atoms with Crippen LogP contribution < -0.4 is 5.32 Å². The minimum absolute atomic E-state index is 0.199. The van der Waals surface area contributed by atoms with Crippen molar-refractivity contribution in [3.63, 3.8) is 0 Å². The highest BCUT2D eigenvalue weighted by Crippen LogP contribution is 2.38. The second kappa shape index (κ2) is 5.06. The molecule has 1 amide bonds. The lowest BCUT2D eigenvalue weighted by Gasteiger charge is -2.33. The van der Waals surface area contributed by atoms with Crippen molar-refractivity contribution in [1.29, 1.82) is 0 Å². The minimum Gasteiger partial charge on any atom is -0.376 e. The van der Waals surface area contributed by atoms with Gasteiger partial charge >= 0.3 is 0 Å². The lowest BCUT2D eigenvalue weighted by atomic mass is 9.97. The molecule has 0 radical (unpaired) electrons. The first kappa shape index (κ1) is 13.4. The highest BCUT2D eigenvalue weighted by Gasteiger charge is 2.53. The predicted octanol–water partition coefficient (Wildman–Crippen LogP) is 2.03. The van der Waals surface area contributed by atoms with Crippen molar-refractivity contribution in [3.05, 3.63) is 0 Å². The van der Waals surface area contributed by atoms with E-state index in [1.165, 1.54) is 12.8 Å². The Morgan fingerprint density at radius 1 is 1.42 bits per heavy atom. The average molecular weight is 266 g/mol. The Bertz CT molecular complexity index is 346. The zero-order valence-electron chi connectivity index (χ0n) is 12.2. The van der Waals surface area contributed by atoms with Crippen LogP contribution in [0.3, 0.4) is 0 Å². The van der Waals surface area contributed by atoms with Gasteiger partial charge in [0.25, 0.3) is 0 Å². The molecule has 0 aromatic rings. The van der Waals surface area contributed by atoms with Gasteiger partial charge in [0.05, 0.1) is 23.9 Å². The molecule has 1 saturated carbocycles. The van der Waals surface area contributed by atoms with E-state index in [0.717, 1.165) is 38.7 Å². The molecule has 108 valence electrons. The molecule has 4 heteroatoms. The molecule has 3 aliphatic rings. The molecule has 0 bridgehead atoms. The highest BCUT2D eigenvalue weighted by molar-refractivity contribution is 5.89. The third-order valence-corrected chi connectivity index (χ3v) is 5.21. The number of carbonyl (C=O) groups is 1. The first-order chi connectivity index (χ1) is 9.18. The van der Waals surface area contributed by atoms with Crippen molar-refractivity contribution >= 4 is 5.91 Å². The molecule has 4 nitrogen and oxygen atoms in total. The van der Waals surface area contributed by atoms with E-state index in [4.69, 9.17) is 4.74 Å². The quantitative estimate of drug-likeness (QED) is 0.850. The summed E-state index contributed by atoms with van der Waals surface area (Å²) in [4.78, 5) is 15.0. The van der Waals surface area contributed by atoms with Gasteiger partial charge in [-0.15, -0.1) is 0 Å². The van der Waals surface area contributed by atoms with Gasteiger partial charge in [-0.1, -0.05) is 19.8 Å². The largest absolute Gasteiger partial charge is 0.376 e. The zero-order chi connectivity index (χ0) is 13.5. The molecular weight excluding hydrogens is 240 g/mol. The number of carbonyl (C=O) groups excluding carboxylic acids is 1. The number of amides is 1. The van der Waals surface area contributed by atoms with E-state index >= 15 is 0 Å². The molecule has 3 rings (SSSR count). The molecule has 3 atom stereocenters. The molecule has 1 spiro atoms. The first-order valence-corrected chi connectivity index (χ1v) is 7.90. The van der Waals surface area contributed by atoms with E-state index in [1.54, 1.807) is 0 Å². The van der Waals surface area contributed by atoms with Crippen molar-refractivity contribution in [3.8, 4) is 0 Å². The Morgan fingerprint density at radius 2 is 2.16 bits per heavy atom. The van der Waals surface area contributed by atoms with E-state index < -0.39 is 0 Å². The van der Waals surface area contributed by atoms with Crippen LogP contribution in [0.5, 0.6) is 0 Å². The number of hydrogen-bond acceptors (Lipinski definition) is 3. The Balaban J connectivity index is 1.80. The van der Waals surface area contributed by atoms with Crippen molar-refractivity contribution in [2.75, 3.05) is 6.61 Å². The maximum atomic E-state index is 12.9. The van der Waals surface area contributed by atoms with Crippen LogP contribution in [0.4, 0.5) is 0 Å². The molecule has 3 fully saturated rings. The third-order valence-electron chi connectivity index (χ3n) is 5.21. The Morgan fingerprint density at radius 3 is 2.74 bits per heavy atom. The maximum absolute atomic E-state index is 12.9. The fraction of sp³-hybridized carbons (Fsp3) is 0.933. The van der Waals surface area contributed by atoms with Gasteiger partial charge in [0, 0.05) is 6.61 Å². The van der Waals surface area contributed by atoms with Crippen molar-refractivity contribution < 1.29 is 9.53 Å². The van der Waals surface area contributed by atoms with Crippen LogP contribution >= 0.6 is 0 Å². The number of hydrogen-bond donors (Lipinski definition) is 1. The van der Waals surface area contributed by atoms with E-state index in [1.807, 2.05) is 0 Å². The molecule has 3 unspecified atom stereocenters. The molecule has 19 heavy (non-hydrogen) atoms. The fourth-order valence-electron chi connectivity index (χ4n) is 4.11. The zero-order valence-corrected chi connectivity index (χ0v) is 12.2. The smallest absolute Gasteiger partial charge is 0.244 e. The average Bonchev–Trinajstić information content (AvgIpc) is 3.13. The maximum Gasteiger partial charge on any atom is 0.244 e. The van der Waals surface area contributed by atoms with E-state index in [0.29, 0.717) is 5.91 Å². The second-order valence-corrected chi connectivity index (χ2v) is 6.36. The topological polar surface area (TPSA) is 41.6 Å². The SMILES string of the molecule is CCC1NC2(CCCC2)C(=O)N1C(C)C1CCCO1. The van der Waals surface area contributed by atoms with Gasteiger partial charge in [-0.2, -0.15) is 0 Å². The van der Waals surface area contributed by atoms with Crippen molar-refractivity contribution in [2.24, 2.45) is 0 Å². The van der Waals surface area contributed by atoms with Crippen LogP contribution in [0, 0.1) is 0 Å². The summed E-state index contributed by atoms with van der Waals surface area (Å²) in [5, 5.41) is 3.64. The minimum atomic E-state index is -0.243. The summed E-state index contributed by atoms with van der Waals surface area (Å²) in [5.74, 6) is 0.333. The summed E-state index contributed by atoms with van der Waals surface area (Å²) >= 11 is 0. The van der Waals surface area contributed by atoms with Crippen LogP contribution in [-0.2, 0) is 9.53 Å². The lowest BCUT2D eigenvalue weighted by Crippen LogP contribution is -2.48. The van der Waals surface area contributed by atoms with Crippen LogP contribution in [0.1, 0.15) is 58.8 Å². The second-order valence-electron chi connectivity index (χ2n) is 6.36. The molecular formula is C15H26N2O2. The number of nitrogens with zero attached hydrogens (tertiary/aromatic N) is 1. The molecule has 0 aromatic carbocycles. The van der Waals surface area contributed by atoms with E-state index in [2.05, 4.69) is 24.1 Å². The monoisotopic (exact) mass is 266 g/mol. The summed E-state index contributed by atoms with van der Waals surface area (Å²) in [7, 11) is 0. The number of rotatable bonds is 3. The van der Waals surface area contributed by atoms with Crippen LogP contribution in [0.15, 0.2) is 0 Å². The molecule has 2 heterocycles. The Kier molecular flexibility index (Phi) is 3.56. The van der Waals surface area contributed by atoms with Crippen molar-refractivity contribution in [2.45, 2.75) is 82.6 Å². The van der Waals surface area contributed by atoms with Gasteiger partial charge in [-0.25, -0.2) is 0 Å². The van der Waals surface area contributed by atoms with Crippen LogP contribution in [0.2, 0.25) is 0 Å². The van der Waals surface area contributed by atoms with Gasteiger partial charge in [-0.05, 0) is 39.0 Å². The van der Waals surface area contributed by atoms with E-state index in [9.17, 15) is 4.79 Å². The molecule has 2 saturated heterocycles. The standard InChI is InChI=1S/C15H26N2O2/c1-3-13-16-15(8-4-5-9-15)14(18)17(13)11(2)12-7-6-10-19-12/h11-13,16H,3-10H2,1-2H3. The normalized spacial score (nSPS) is 35.5. The van der Waals surface area contributed by atoms with E-state index in [-0.39, 0.29) is 23.9 Å². The predicted molar refractivity (Wildman–Crippen MR) is 73.7 cm³/mol. The van der Waals surface area contributed by atoms with Crippen LogP contribution in [0.25, 0.3) is 0 Å². The molecule has 1 aliphatic carbocycles. The molecule has 0 aromatic heterocycles. The number of nitrogens with one attached hydrogen (secondary N) is 1. The van der Waals surface area contributed by atoms with Gasteiger partial charge in [0.15, 0.2) is 0 Å². The van der Waals surface area contributed by atoms with Gasteiger partial charge < -0.3 is 9.64 Å². The summed E-state index contributed by atoms with van der Waals surface area (Å²) in [6.45, 7) is 5.17. The number of ether oxygens (including phenoxy) is 1. The van der Waals surface area contributed by atoms with Gasteiger partial charge in [0.1, 0.15) is 0 Å². The van der Waals surface area contributed by atoms with Gasteiger partial charge in [-0.3, -0.25) is 10.1 Å². The Hall–Kier alpha value is -0.610. The highest BCUT2D eigenvalue weighted by atomic mass is 16.5. The fourth-order valence-corrected chi connectivity index (χ4v) is 4.11.